The number of hydrazine groups is 1. The van der Waals surface area contributed by atoms with Crippen LogP contribution in [0.25, 0.3) is 0 Å². The fourth-order valence-electron chi connectivity index (χ4n) is 1.08. The molecule has 1 aromatic carbocycles. The van der Waals surface area contributed by atoms with E-state index in [9.17, 15) is 8.78 Å². The lowest BCUT2D eigenvalue weighted by Crippen LogP contribution is -2.21. The summed E-state index contributed by atoms with van der Waals surface area (Å²) in [6, 6.07) is 1.93. The predicted molar refractivity (Wildman–Crippen MR) is 43.9 cm³/mol. The topological polar surface area (TPSA) is 47.3 Å². The molecule has 72 valence electrons. The van der Waals surface area contributed by atoms with Gasteiger partial charge in [-0.15, -0.1) is 0 Å². The number of ether oxygens (including phenoxy) is 1. The van der Waals surface area contributed by atoms with E-state index in [-0.39, 0.29) is 12.3 Å². The Morgan fingerprint density at radius 1 is 1.46 bits per heavy atom. The molecule has 3 N–H and O–H groups in total. The van der Waals surface area contributed by atoms with Gasteiger partial charge in [-0.1, -0.05) is 0 Å². The summed E-state index contributed by atoms with van der Waals surface area (Å²) in [7, 11) is 1.32. The second-order valence-corrected chi connectivity index (χ2v) is 2.46. The molecule has 0 unspecified atom stereocenters. The molecule has 0 amide bonds. The van der Waals surface area contributed by atoms with Gasteiger partial charge in [0.1, 0.15) is 5.82 Å². The van der Waals surface area contributed by atoms with E-state index in [1.54, 1.807) is 0 Å². The van der Waals surface area contributed by atoms with Gasteiger partial charge in [0.05, 0.1) is 7.11 Å². The number of rotatable bonds is 3. The molecule has 0 aromatic heterocycles. The minimum Gasteiger partial charge on any atom is -0.493 e. The Balaban J connectivity index is 3.13. The number of nitrogens with two attached hydrogens (primary N) is 1. The average molecular weight is 188 g/mol. The largest absolute Gasteiger partial charge is 0.493 e. The summed E-state index contributed by atoms with van der Waals surface area (Å²) in [6.07, 6.45) is 0. The summed E-state index contributed by atoms with van der Waals surface area (Å²) in [5.41, 5.74) is 2.65. The zero-order chi connectivity index (χ0) is 9.84. The molecule has 1 aromatic rings. The Bertz CT molecular complexity index is 304. The molecule has 13 heavy (non-hydrogen) atoms. The minimum atomic E-state index is -0.729. The van der Waals surface area contributed by atoms with Crippen LogP contribution < -0.4 is 16.0 Å². The second-order valence-electron chi connectivity index (χ2n) is 2.46. The molecular weight excluding hydrogens is 178 g/mol. The van der Waals surface area contributed by atoms with Crippen LogP contribution >= 0.6 is 0 Å². The fourth-order valence-corrected chi connectivity index (χ4v) is 1.08. The highest BCUT2D eigenvalue weighted by atomic mass is 19.1. The Kier molecular flexibility index (Phi) is 3.16. The van der Waals surface area contributed by atoms with Crippen molar-refractivity contribution >= 4 is 0 Å². The minimum absolute atomic E-state index is 0.0133. The normalized spacial score (nSPS) is 10.2. The van der Waals surface area contributed by atoms with E-state index in [4.69, 9.17) is 10.6 Å². The number of methoxy groups -OCH3 is 1. The van der Waals surface area contributed by atoms with E-state index < -0.39 is 11.6 Å². The van der Waals surface area contributed by atoms with Crippen molar-refractivity contribution in [1.82, 2.24) is 5.43 Å². The zero-order valence-electron chi connectivity index (χ0n) is 7.10. The van der Waals surface area contributed by atoms with Gasteiger partial charge in [0.15, 0.2) is 11.6 Å². The van der Waals surface area contributed by atoms with Crippen LogP contribution in [0.1, 0.15) is 5.56 Å². The smallest absolute Gasteiger partial charge is 0.168 e. The van der Waals surface area contributed by atoms with Gasteiger partial charge in [-0.05, 0) is 6.07 Å². The highest BCUT2D eigenvalue weighted by molar-refractivity contribution is 5.35. The molecule has 0 spiro atoms. The number of hydrogen-bond donors (Lipinski definition) is 2. The summed E-state index contributed by atoms with van der Waals surface area (Å²) >= 11 is 0. The van der Waals surface area contributed by atoms with E-state index in [0.29, 0.717) is 5.56 Å². The van der Waals surface area contributed by atoms with Crippen molar-refractivity contribution in [3.05, 3.63) is 29.3 Å². The Hall–Kier alpha value is -1.20. The molecule has 0 bridgehead atoms. The summed E-state index contributed by atoms with van der Waals surface area (Å²) < 4.78 is 30.5. The van der Waals surface area contributed by atoms with Crippen LogP contribution in [0.15, 0.2) is 12.1 Å². The van der Waals surface area contributed by atoms with Gasteiger partial charge in [0.25, 0.3) is 0 Å². The van der Waals surface area contributed by atoms with Gasteiger partial charge in [-0.25, -0.2) is 8.78 Å². The molecule has 0 fully saturated rings. The van der Waals surface area contributed by atoms with E-state index in [1.165, 1.54) is 13.2 Å². The number of nitrogens with one attached hydrogen (secondary N) is 1. The Labute approximate surface area is 74.5 Å². The molecule has 0 aliphatic rings. The third-order valence-electron chi connectivity index (χ3n) is 1.58. The molecule has 0 saturated carbocycles. The van der Waals surface area contributed by atoms with Gasteiger partial charge >= 0.3 is 0 Å². The first-order chi connectivity index (χ1) is 6.19. The highest BCUT2D eigenvalue weighted by Crippen LogP contribution is 2.23. The van der Waals surface area contributed by atoms with Crippen LogP contribution in [-0.2, 0) is 6.54 Å². The molecular formula is C8H10F2N2O. The molecule has 3 nitrogen and oxygen atoms in total. The zero-order valence-corrected chi connectivity index (χ0v) is 7.10. The van der Waals surface area contributed by atoms with E-state index >= 15 is 0 Å². The van der Waals surface area contributed by atoms with Crippen LogP contribution in [0.2, 0.25) is 0 Å². The van der Waals surface area contributed by atoms with Gasteiger partial charge in [-0.3, -0.25) is 11.3 Å². The lowest BCUT2D eigenvalue weighted by atomic mass is 10.2. The average Bonchev–Trinajstić information content (AvgIpc) is 2.04. The number of hydrogen-bond acceptors (Lipinski definition) is 3. The van der Waals surface area contributed by atoms with Crippen molar-refractivity contribution in [2.24, 2.45) is 5.84 Å². The van der Waals surface area contributed by atoms with Crippen LogP contribution in [0.4, 0.5) is 8.78 Å². The molecule has 0 saturated heterocycles. The molecule has 5 heteroatoms. The third kappa shape index (κ3) is 2.13. The van der Waals surface area contributed by atoms with Crippen LogP contribution in [0, 0.1) is 11.6 Å². The maximum absolute atomic E-state index is 13.0. The molecule has 0 aliphatic heterocycles. The van der Waals surface area contributed by atoms with Crippen molar-refractivity contribution < 1.29 is 13.5 Å². The van der Waals surface area contributed by atoms with Gasteiger partial charge in [-0.2, -0.15) is 0 Å². The lowest BCUT2D eigenvalue weighted by molar-refractivity contribution is 0.377. The molecule has 0 atom stereocenters. The highest BCUT2D eigenvalue weighted by Gasteiger charge is 2.10. The van der Waals surface area contributed by atoms with E-state index in [0.717, 1.165) is 6.07 Å². The van der Waals surface area contributed by atoms with Crippen molar-refractivity contribution in [1.29, 1.82) is 0 Å². The lowest BCUT2D eigenvalue weighted by Gasteiger charge is -2.08. The number of halogens is 2. The third-order valence-corrected chi connectivity index (χ3v) is 1.58. The van der Waals surface area contributed by atoms with Crippen LogP contribution in [-0.4, -0.2) is 7.11 Å². The van der Waals surface area contributed by atoms with Gasteiger partial charge in [0.2, 0.25) is 0 Å². The van der Waals surface area contributed by atoms with Crippen LogP contribution in [0.3, 0.4) is 0 Å². The van der Waals surface area contributed by atoms with E-state index in [2.05, 4.69) is 5.43 Å². The fraction of sp³-hybridized carbons (Fsp3) is 0.250. The maximum atomic E-state index is 13.0. The van der Waals surface area contributed by atoms with Crippen LogP contribution in [0.5, 0.6) is 5.75 Å². The first-order valence-corrected chi connectivity index (χ1v) is 3.64. The van der Waals surface area contributed by atoms with Gasteiger partial charge in [0, 0.05) is 18.2 Å². The summed E-state index contributed by atoms with van der Waals surface area (Å²) in [6.45, 7) is 0.151. The first-order valence-electron chi connectivity index (χ1n) is 3.64. The van der Waals surface area contributed by atoms with E-state index in [1.807, 2.05) is 0 Å². The SMILES string of the molecule is COc1c(F)cc(F)cc1CNN. The quantitative estimate of drug-likeness (QED) is 0.548. The summed E-state index contributed by atoms with van der Waals surface area (Å²) in [5, 5.41) is 0. The Morgan fingerprint density at radius 2 is 2.15 bits per heavy atom. The predicted octanol–water partition coefficient (Wildman–Crippen LogP) is 0.937. The second kappa shape index (κ2) is 4.15. The maximum Gasteiger partial charge on any atom is 0.168 e. The Morgan fingerprint density at radius 3 is 2.69 bits per heavy atom. The summed E-state index contributed by atoms with van der Waals surface area (Å²) in [4.78, 5) is 0. The van der Waals surface area contributed by atoms with Gasteiger partial charge < -0.3 is 4.74 Å². The summed E-state index contributed by atoms with van der Waals surface area (Å²) in [5.74, 6) is 3.67. The molecule has 0 heterocycles. The van der Waals surface area contributed by atoms with Crippen molar-refractivity contribution in [3.63, 3.8) is 0 Å². The van der Waals surface area contributed by atoms with Crippen molar-refractivity contribution in [2.75, 3.05) is 7.11 Å². The molecule has 0 radical (unpaired) electrons. The first kappa shape index (κ1) is 9.88. The standard InChI is InChI=1S/C8H10F2N2O/c1-13-8-5(4-12-11)2-6(9)3-7(8)10/h2-3,12H,4,11H2,1H3. The van der Waals surface area contributed by atoms with Crippen molar-refractivity contribution in [3.8, 4) is 5.75 Å². The monoisotopic (exact) mass is 188 g/mol. The number of benzene rings is 1. The van der Waals surface area contributed by atoms with Crippen molar-refractivity contribution in [2.45, 2.75) is 6.54 Å². The molecule has 0 aliphatic carbocycles. The molecule has 1 rings (SSSR count).